The highest BCUT2D eigenvalue weighted by atomic mass is 16.7. The van der Waals surface area contributed by atoms with E-state index in [4.69, 9.17) is 4.84 Å². The van der Waals surface area contributed by atoms with Crippen LogP contribution in [0, 0.1) is 29.1 Å². The van der Waals surface area contributed by atoms with Gasteiger partial charge < -0.3 is 15.5 Å². The molecule has 2 aliphatic heterocycles. The van der Waals surface area contributed by atoms with Crippen molar-refractivity contribution in [1.29, 1.82) is 0 Å². The van der Waals surface area contributed by atoms with Crippen LogP contribution in [0.4, 0.5) is 0 Å². The standard InChI is InChI=1S/C33H41N3O6/c1-17-25-13-22(33(25,3)4)14-26(17)34-30(39)29-28(18(2)38)27(16-37)42-36(29)15-19-7-6-8-20(11-19)21-9-10-23-24(12-21)32(41)35(5)31(23)40/h6-12,17-18,22,25-29,37-38H,13-16H2,1-5H3,(H,34,39)/t17-,18-,22-,25+,26-,27-,28+,29-/m0/s1. The number of hydrogen-bond donors (Lipinski definition) is 3. The van der Waals surface area contributed by atoms with Crippen LogP contribution in [-0.4, -0.2) is 75.8 Å². The van der Waals surface area contributed by atoms with E-state index in [2.05, 4.69) is 26.1 Å². The minimum atomic E-state index is -0.866. The molecule has 8 atom stereocenters. The minimum absolute atomic E-state index is 0.0655. The van der Waals surface area contributed by atoms with Crippen molar-refractivity contribution in [3.05, 3.63) is 59.2 Å². The summed E-state index contributed by atoms with van der Waals surface area (Å²) in [6, 6.07) is 12.3. The largest absolute Gasteiger partial charge is 0.394 e. The maximum absolute atomic E-state index is 13.9. The Balaban J connectivity index is 1.24. The molecular weight excluding hydrogens is 534 g/mol. The van der Waals surface area contributed by atoms with Crippen LogP contribution >= 0.6 is 0 Å². The first-order chi connectivity index (χ1) is 19.9. The molecule has 5 aliphatic rings. The Morgan fingerprint density at radius 1 is 1.10 bits per heavy atom. The summed E-state index contributed by atoms with van der Waals surface area (Å²) in [7, 11) is 1.48. The van der Waals surface area contributed by atoms with Crippen LogP contribution < -0.4 is 5.32 Å². The number of hydroxylamine groups is 2. The van der Waals surface area contributed by atoms with Gasteiger partial charge in [-0.25, -0.2) is 0 Å². The molecule has 9 nitrogen and oxygen atoms in total. The van der Waals surface area contributed by atoms with Crippen molar-refractivity contribution in [1.82, 2.24) is 15.3 Å². The number of hydrogen-bond acceptors (Lipinski definition) is 7. The average molecular weight is 576 g/mol. The highest BCUT2D eigenvalue weighted by molar-refractivity contribution is 6.21. The number of amides is 3. The van der Waals surface area contributed by atoms with Gasteiger partial charge in [-0.15, -0.1) is 0 Å². The van der Waals surface area contributed by atoms with Gasteiger partial charge >= 0.3 is 0 Å². The molecule has 3 aliphatic carbocycles. The number of rotatable bonds is 7. The van der Waals surface area contributed by atoms with E-state index in [0.29, 0.717) is 34.3 Å². The molecule has 2 heterocycles. The molecule has 1 saturated heterocycles. The van der Waals surface area contributed by atoms with Crippen LogP contribution in [0.25, 0.3) is 11.1 Å². The highest BCUT2D eigenvalue weighted by Gasteiger charge is 2.57. The first-order valence-electron chi connectivity index (χ1n) is 15.0. The highest BCUT2D eigenvalue weighted by Crippen LogP contribution is 2.61. The number of carbonyl (C=O) groups excluding carboxylic acids is 3. The zero-order valence-electron chi connectivity index (χ0n) is 24.9. The second-order valence-electron chi connectivity index (χ2n) is 13.4. The predicted octanol–water partition coefficient (Wildman–Crippen LogP) is 3.24. The molecule has 0 radical (unpaired) electrons. The molecule has 0 unspecified atom stereocenters. The molecular formula is C33H41N3O6. The van der Waals surface area contributed by atoms with Crippen LogP contribution in [0.5, 0.6) is 0 Å². The van der Waals surface area contributed by atoms with Crippen LogP contribution in [0.2, 0.25) is 0 Å². The normalized spacial score (nSPS) is 32.5. The van der Waals surface area contributed by atoms with Crippen molar-refractivity contribution in [2.45, 2.75) is 71.4 Å². The molecule has 224 valence electrons. The van der Waals surface area contributed by atoms with Crippen LogP contribution in [-0.2, 0) is 16.2 Å². The van der Waals surface area contributed by atoms with Gasteiger partial charge in [0.05, 0.1) is 30.4 Å². The Hall–Kier alpha value is -3.11. The molecule has 2 bridgehead atoms. The number of carbonyl (C=O) groups is 3. The lowest BCUT2D eigenvalue weighted by molar-refractivity contribution is -0.183. The molecule has 4 fully saturated rings. The summed E-state index contributed by atoms with van der Waals surface area (Å²) >= 11 is 0. The monoisotopic (exact) mass is 575 g/mol. The quantitative estimate of drug-likeness (QED) is 0.434. The Bertz CT molecular complexity index is 1420. The van der Waals surface area contributed by atoms with Crippen LogP contribution in [0.3, 0.4) is 0 Å². The summed E-state index contributed by atoms with van der Waals surface area (Å²) in [6.45, 7) is 8.47. The lowest BCUT2D eigenvalue weighted by atomic mass is 9.45. The van der Waals surface area contributed by atoms with E-state index >= 15 is 0 Å². The number of aliphatic hydroxyl groups excluding tert-OH is 2. The third-order valence-electron chi connectivity index (χ3n) is 10.8. The number of imide groups is 1. The molecule has 3 amide bonds. The maximum Gasteiger partial charge on any atom is 0.261 e. The van der Waals surface area contributed by atoms with Crippen molar-refractivity contribution < 1.29 is 29.4 Å². The third kappa shape index (κ3) is 4.58. The van der Waals surface area contributed by atoms with Crippen molar-refractivity contribution in [3.63, 3.8) is 0 Å². The van der Waals surface area contributed by atoms with E-state index < -0.39 is 24.2 Å². The smallest absolute Gasteiger partial charge is 0.261 e. The topological polar surface area (TPSA) is 119 Å². The zero-order chi connectivity index (χ0) is 30.1. The van der Waals surface area contributed by atoms with Crippen LogP contribution in [0.1, 0.15) is 66.8 Å². The summed E-state index contributed by atoms with van der Waals surface area (Å²) in [5.74, 6) is 0.115. The fourth-order valence-electron chi connectivity index (χ4n) is 8.05. The van der Waals surface area contributed by atoms with Gasteiger partial charge in [0.1, 0.15) is 12.1 Å². The van der Waals surface area contributed by atoms with Gasteiger partial charge in [-0.2, -0.15) is 5.06 Å². The molecule has 3 saturated carbocycles. The number of benzene rings is 2. The molecule has 0 aromatic heterocycles. The molecule has 0 spiro atoms. The van der Waals surface area contributed by atoms with Gasteiger partial charge in [-0.1, -0.05) is 45.0 Å². The Kier molecular flexibility index (Phi) is 7.28. The van der Waals surface area contributed by atoms with Gasteiger partial charge in [0.2, 0.25) is 5.91 Å². The molecule has 2 aromatic carbocycles. The molecule has 7 rings (SSSR count). The summed E-state index contributed by atoms with van der Waals surface area (Å²) in [4.78, 5) is 46.0. The van der Waals surface area contributed by atoms with Gasteiger partial charge in [0, 0.05) is 19.0 Å². The van der Waals surface area contributed by atoms with E-state index in [1.165, 1.54) is 13.5 Å². The van der Waals surface area contributed by atoms with E-state index in [-0.39, 0.29) is 36.9 Å². The van der Waals surface area contributed by atoms with E-state index in [0.717, 1.165) is 28.0 Å². The van der Waals surface area contributed by atoms with Crippen molar-refractivity contribution in [2.75, 3.05) is 13.7 Å². The number of nitrogens with one attached hydrogen (secondary N) is 1. The lowest BCUT2D eigenvalue weighted by Crippen LogP contribution is -2.62. The summed E-state index contributed by atoms with van der Waals surface area (Å²) in [5, 5.41) is 25.7. The van der Waals surface area contributed by atoms with Gasteiger partial charge in [0.25, 0.3) is 11.8 Å². The Morgan fingerprint density at radius 2 is 1.81 bits per heavy atom. The third-order valence-corrected chi connectivity index (χ3v) is 10.8. The van der Waals surface area contributed by atoms with Crippen molar-refractivity contribution in [3.8, 4) is 11.1 Å². The van der Waals surface area contributed by atoms with E-state index in [1.807, 2.05) is 30.3 Å². The molecule has 9 heteroatoms. The molecule has 2 aromatic rings. The molecule has 42 heavy (non-hydrogen) atoms. The van der Waals surface area contributed by atoms with E-state index in [9.17, 15) is 24.6 Å². The van der Waals surface area contributed by atoms with Gasteiger partial charge in [0.15, 0.2) is 0 Å². The Morgan fingerprint density at radius 3 is 2.48 bits per heavy atom. The summed E-state index contributed by atoms with van der Waals surface area (Å²) in [6.07, 6.45) is 0.580. The van der Waals surface area contributed by atoms with E-state index in [1.54, 1.807) is 24.1 Å². The first kappa shape index (κ1) is 29.0. The first-order valence-corrected chi connectivity index (χ1v) is 15.0. The number of fused-ring (bicyclic) bond motifs is 3. The van der Waals surface area contributed by atoms with Gasteiger partial charge in [-0.3, -0.25) is 24.1 Å². The SMILES string of the molecule is C[C@@H]1[C@@H](NC(=O)[C@@H]2[C@H]([C@H](C)O)[C@H](CO)ON2Cc2cccc(-c3ccc4c(c3)C(=O)N(C)C4=O)c2)C[C@@H]2C[C@H]1C2(C)C. The predicted molar refractivity (Wildman–Crippen MR) is 156 cm³/mol. The summed E-state index contributed by atoms with van der Waals surface area (Å²) < 4.78 is 0. The van der Waals surface area contributed by atoms with Crippen molar-refractivity contribution in [2.24, 2.45) is 29.1 Å². The fourth-order valence-corrected chi connectivity index (χ4v) is 8.05. The minimum Gasteiger partial charge on any atom is -0.394 e. The lowest BCUT2D eigenvalue weighted by Gasteiger charge is -2.62. The maximum atomic E-state index is 13.9. The van der Waals surface area contributed by atoms with Gasteiger partial charge in [-0.05, 0) is 77.8 Å². The van der Waals surface area contributed by atoms with Crippen LogP contribution in [0.15, 0.2) is 42.5 Å². The Labute approximate surface area is 246 Å². The zero-order valence-corrected chi connectivity index (χ0v) is 24.9. The summed E-state index contributed by atoms with van der Waals surface area (Å²) in [5.41, 5.74) is 3.60. The average Bonchev–Trinajstić information content (AvgIpc) is 3.44. The fraction of sp³-hybridized carbons (Fsp3) is 0.545. The number of nitrogens with zero attached hydrogens (tertiary/aromatic N) is 2. The second kappa shape index (κ2) is 10.6. The molecule has 3 N–H and O–H groups in total. The van der Waals surface area contributed by atoms with Crippen molar-refractivity contribution >= 4 is 17.7 Å². The second-order valence-corrected chi connectivity index (χ2v) is 13.4. The number of aliphatic hydroxyl groups is 2.